The number of hydrogen-bond donors (Lipinski definition) is 0. The van der Waals surface area contributed by atoms with Crippen molar-refractivity contribution in [3.8, 4) is 5.75 Å². The smallest absolute Gasteiger partial charge is 0.256 e. The van der Waals surface area contributed by atoms with Gasteiger partial charge in [0, 0.05) is 37.8 Å². The van der Waals surface area contributed by atoms with Crippen LogP contribution < -0.4 is 4.74 Å². The van der Waals surface area contributed by atoms with Gasteiger partial charge in [-0.25, -0.2) is 0 Å². The van der Waals surface area contributed by atoms with Gasteiger partial charge in [0.15, 0.2) is 5.60 Å². The normalized spacial score (nSPS) is 25.0. The second-order valence-electron chi connectivity index (χ2n) is 7.87. The number of amides is 1. The zero-order chi connectivity index (χ0) is 18.7. The van der Waals surface area contributed by atoms with Gasteiger partial charge in [0.2, 0.25) is 0 Å². The molecule has 5 nitrogen and oxygen atoms in total. The van der Waals surface area contributed by atoms with E-state index >= 15 is 0 Å². The molecule has 2 fully saturated rings. The minimum Gasteiger partial charge on any atom is -0.496 e. The molecule has 1 unspecified atom stereocenters. The number of carbonyl (C=O) groups is 1. The maximum Gasteiger partial charge on any atom is 0.256 e. The summed E-state index contributed by atoms with van der Waals surface area (Å²) in [6.07, 6.45) is 2.91. The van der Waals surface area contributed by atoms with E-state index in [4.69, 9.17) is 9.47 Å². The molecule has 1 aromatic rings. The molecule has 0 N–H and O–H groups in total. The van der Waals surface area contributed by atoms with Gasteiger partial charge in [0.25, 0.3) is 5.91 Å². The summed E-state index contributed by atoms with van der Waals surface area (Å²) in [6, 6.07) is 6.47. The number of benzene rings is 1. The van der Waals surface area contributed by atoms with Crippen LogP contribution in [0.5, 0.6) is 5.75 Å². The Hall–Kier alpha value is -1.59. The number of hydrogen-bond acceptors (Lipinski definition) is 4. The molecule has 0 radical (unpaired) electrons. The lowest BCUT2D eigenvalue weighted by Gasteiger charge is -2.43. The lowest BCUT2D eigenvalue weighted by atomic mass is 9.93. The SMILES string of the molecule is COc1c(C)cccc1CN1CCOC2(CCCCN(C(C)C)C2=O)C1. The highest BCUT2D eigenvalue weighted by molar-refractivity contribution is 5.86. The molecule has 0 saturated carbocycles. The fraction of sp³-hybridized carbons (Fsp3) is 0.667. The van der Waals surface area contributed by atoms with E-state index in [1.165, 1.54) is 5.56 Å². The number of aryl methyl sites for hydroxylation is 1. The zero-order valence-electron chi connectivity index (χ0n) is 16.6. The van der Waals surface area contributed by atoms with Crippen molar-refractivity contribution in [1.82, 2.24) is 9.80 Å². The largest absolute Gasteiger partial charge is 0.496 e. The Morgan fingerprint density at radius 1 is 1.27 bits per heavy atom. The first kappa shape index (κ1) is 19.2. The monoisotopic (exact) mass is 360 g/mol. The Morgan fingerprint density at radius 3 is 2.81 bits per heavy atom. The lowest BCUT2D eigenvalue weighted by molar-refractivity contribution is -0.172. The molecule has 144 valence electrons. The molecule has 2 heterocycles. The number of nitrogens with zero attached hydrogens (tertiary/aromatic N) is 2. The first-order valence-electron chi connectivity index (χ1n) is 9.77. The van der Waals surface area contributed by atoms with Gasteiger partial charge in [-0.3, -0.25) is 9.69 Å². The summed E-state index contributed by atoms with van der Waals surface area (Å²) in [5.41, 5.74) is 1.63. The predicted molar refractivity (Wildman–Crippen MR) is 102 cm³/mol. The van der Waals surface area contributed by atoms with E-state index in [0.29, 0.717) is 13.2 Å². The molecule has 2 aliphatic heterocycles. The molecule has 3 rings (SSSR count). The molecular weight excluding hydrogens is 328 g/mol. The van der Waals surface area contributed by atoms with Crippen molar-refractivity contribution in [2.24, 2.45) is 0 Å². The van der Waals surface area contributed by atoms with Gasteiger partial charge in [0.1, 0.15) is 5.75 Å². The number of carbonyl (C=O) groups excluding carboxylic acids is 1. The van der Waals surface area contributed by atoms with Crippen LogP contribution in [0.3, 0.4) is 0 Å². The van der Waals surface area contributed by atoms with Crippen LogP contribution in [0.4, 0.5) is 0 Å². The topological polar surface area (TPSA) is 42.0 Å². The van der Waals surface area contributed by atoms with Gasteiger partial charge in [-0.1, -0.05) is 18.2 Å². The summed E-state index contributed by atoms with van der Waals surface area (Å²) in [7, 11) is 1.72. The molecule has 5 heteroatoms. The van der Waals surface area contributed by atoms with Crippen molar-refractivity contribution in [1.29, 1.82) is 0 Å². The van der Waals surface area contributed by atoms with E-state index < -0.39 is 5.60 Å². The van der Waals surface area contributed by atoms with Crippen LogP contribution in [0, 0.1) is 6.92 Å². The van der Waals surface area contributed by atoms with Gasteiger partial charge in [-0.2, -0.15) is 0 Å². The molecule has 1 spiro atoms. The number of ether oxygens (including phenoxy) is 2. The summed E-state index contributed by atoms with van der Waals surface area (Å²) in [6.45, 7) is 9.98. The van der Waals surface area contributed by atoms with Crippen molar-refractivity contribution in [3.05, 3.63) is 29.3 Å². The third-order valence-corrected chi connectivity index (χ3v) is 5.66. The molecule has 0 aliphatic carbocycles. The Balaban J connectivity index is 1.80. The third-order valence-electron chi connectivity index (χ3n) is 5.66. The third kappa shape index (κ3) is 3.74. The van der Waals surface area contributed by atoms with E-state index in [9.17, 15) is 4.79 Å². The highest BCUT2D eigenvalue weighted by atomic mass is 16.5. The quantitative estimate of drug-likeness (QED) is 0.828. The van der Waals surface area contributed by atoms with Gasteiger partial charge in [0.05, 0.1) is 13.7 Å². The molecule has 1 atom stereocenters. The fourth-order valence-electron chi connectivity index (χ4n) is 4.30. The maximum atomic E-state index is 13.3. The Morgan fingerprint density at radius 2 is 2.08 bits per heavy atom. The first-order chi connectivity index (χ1) is 12.5. The summed E-state index contributed by atoms with van der Waals surface area (Å²) in [5.74, 6) is 1.12. The zero-order valence-corrected chi connectivity index (χ0v) is 16.6. The highest BCUT2D eigenvalue weighted by Crippen LogP contribution is 2.32. The molecule has 1 amide bonds. The van der Waals surface area contributed by atoms with Crippen LogP contribution in [0.2, 0.25) is 0 Å². The van der Waals surface area contributed by atoms with E-state index in [1.807, 2.05) is 4.90 Å². The summed E-state index contributed by atoms with van der Waals surface area (Å²) in [4.78, 5) is 17.6. The standard InChI is InChI=1S/C21H32N2O3/c1-16(2)23-11-6-5-10-21(20(23)24)15-22(12-13-26-21)14-18-9-7-8-17(3)19(18)25-4/h7-9,16H,5-6,10-15H2,1-4H3. The van der Waals surface area contributed by atoms with Crippen LogP contribution in [-0.4, -0.2) is 60.7 Å². The van der Waals surface area contributed by atoms with Crippen molar-refractivity contribution in [2.45, 2.75) is 58.2 Å². The van der Waals surface area contributed by atoms with Crippen molar-refractivity contribution >= 4 is 5.91 Å². The van der Waals surface area contributed by atoms with E-state index in [1.54, 1.807) is 7.11 Å². The van der Waals surface area contributed by atoms with E-state index in [2.05, 4.69) is 43.9 Å². The Labute approximate surface area is 157 Å². The van der Waals surface area contributed by atoms with Gasteiger partial charge in [-0.05, 0) is 45.6 Å². The molecule has 0 bridgehead atoms. The number of rotatable bonds is 4. The van der Waals surface area contributed by atoms with Crippen molar-refractivity contribution < 1.29 is 14.3 Å². The van der Waals surface area contributed by atoms with Crippen LogP contribution in [-0.2, 0) is 16.1 Å². The minimum absolute atomic E-state index is 0.172. The van der Waals surface area contributed by atoms with Crippen LogP contribution in [0.1, 0.15) is 44.2 Å². The molecule has 2 saturated heterocycles. The Kier molecular flexibility index (Phi) is 5.88. The van der Waals surface area contributed by atoms with Gasteiger partial charge >= 0.3 is 0 Å². The lowest BCUT2D eigenvalue weighted by Crippen LogP contribution is -2.60. The highest BCUT2D eigenvalue weighted by Gasteiger charge is 2.47. The molecule has 26 heavy (non-hydrogen) atoms. The Bertz CT molecular complexity index is 646. The van der Waals surface area contributed by atoms with Crippen LogP contribution in [0.15, 0.2) is 18.2 Å². The summed E-state index contributed by atoms with van der Waals surface area (Å²) < 4.78 is 11.8. The number of methoxy groups -OCH3 is 1. The fourth-order valence-corrected chi connectivity index (χ4v) is 4.30. The minimum atomic E-state index is -0.684. The number of morpholine rings is 1. The second kappa shape index (κ2) is 7.97. The van der Waals surface area contributed by atoms with Crippen LogP contribution >= 0.6 is 0 Å². The second-order valence-corrected chi connectivity index (χ2v) is 7.87. The van der Waals surface area contributed by atoms with Crippen molar-refractivity contribution in [3.63, 3.8) is 0 Å². The molecule has 1 aromatic carbocycles. The molecular formula is C21H32N2O3. The molecule has 0 aromatic heterocycles. The maximum absolute atomic E-state index is 13.3. The predicted octanol–water partition coefficient (Wildman–Crippen LogP) is 3.00. The van der Waals surface area contributed by atoms with E-state index in [-0.39, 0.29) is 11.9 Å². The van der Waals surface area contributed by atoms with Gasteiger partial charge < -0.3 is 14.4 Å². The number of para-hydroxylation sites is 1. The van der Waals surface area contributed by atoms with Crippen molar-refractivity contribution in [2.75, 3.05) is 33.4 Å². The average molecular weight is 360 g/mol. The summed E-state index contributed by atoms with van der Waals surface area (Å²) >= 11 is 0. The average Bonchev–Trinajstić information content (AvgIpc) is 2.75. The molecule has 2 aliphatic rings. The van der Waals surface area contributed by atoms with E-state index in [0.717, 1.165) is 50.2 Å². The summed E-state index contributed by atoms with van der Waals surface area (Å²) in [5, 5.41) is 0. The number of likely N-dealkylation sites (tertiary alicyclic amines) is 1. The van der Waals surface area contributed by atoms with Crippen LogP contribution in [0.25, 0.3) is 0 Å². The first-order valence-corrected chi connectivity index (χ1v) is 9.77. The van der Waals surface area contributed by atoms with Gasteiger partial charge in [-0.15, -0.1) is 0 Å².